The van der Waals surface area contributed by atoms with Gasteiger partial charge in [0.05, 0.1) is 6.26 Å². The van der Waals surface area contributed by atoms with Gasteiger partial charge in [0, 0.05) is 49.0 Å². The Balaban J connectivity index is 1.55. The standard InChI is InChI=1S/C19H22ClN3O3S/c1-27(25,26)23-11-9-22(10-12-23)14-15-5-7-16(8-6-15)19(24)21-18-4-2-3-17(20)13-18/h2-8,13H,9-12,14H2,1H3,(H,21,24). The van der Waals surface area contributed by atoms with Crippen LogP contribution in [0.15, 0.2) is 48.5 Å². The predicted octanol–water partition coefficient (Wildman–Crippen LogP) is 2.67. The van der Waals surface area contributed by atoms with Crippen LogP contribution in [-0.2, 0) is 16.6 Å². The normalized spacial score (nSPS) is 16.2. The molecule has 1 heterocycles. The largest absolute Gasteiger partial charge is 0.322 e. The van der Waals surface area contributed by atoms with Crippen LogP contribution >= 0.6 is 11.6 Å². The summed E-state index contributed by atoms with van der Waals surface area (Å²) < 4.78 is 24.6. The molecule has 27 heavy (non-hydrogen) atoms. The molecule has 0 unspecified atom stereocenters. The highest BCUT2D eigenvalue weighted by Crippen LogP contribution is 2.17. The summed E-state index contributed by atoms with van der Waals surface area (Å²) in [5.41, 5.74) is 2.31. The zero-order valence-electron chi connectivity index (χ0n) is 15.1. The highest BCUT2D eigenvalue weighted by Gasteiger charge is 2.23. The van der Waals surface area contributed by atoms with Crippen molar-refractivity contribution in [1.29, 1.82) is 0 Å². The lowest BCUT2D eigenvalue weighted by Gasteiger charge is -2.33. The molecule has 0 aliphatic carbocycles. The van der Waals surface area contributed by atoms with Gasteiger partial charge in [-0.1, -0.05) is 29.8 Å². The predicted molar refractivity (Wildman–Crippen MR) is 108 cm³/mol. The SMILES string of the molecule is CS(=O)(=O)N1CCN(Cc2ccc(C(=O)Nc3cccc(Cl)c3)cc2)CC1. The number of sulfonamides is 1. The first-order valence-corrected chi connectivity index (χ1v) is 10.9. The molecular formula is C19H22ClN3O3S. The molecule has 0 aromatic heterocycles. The van der Waals surface area contributed by atoms with Crippen molar-refractivity contribution in [2.24, 2.45) is 0 Å². The Morgan fingerprint density at radius 2 is 1.74 bits per heavy atom. The van der Waals surface area contributed by atoms with Crippen LogP contribution in [0.25, 0.3) is 0 Å². The molecule has 1 N–H and O–H groups in total. The topological polar surface area (TPSA) is 69.7 Å². The van der Waals surface area contributed by atoms with Crippen molar-refractivity contribution in [3.8, 4) is 0 Å². The summed E-state index contributed by atoms with van der Waals surface area (Å²) >= 11 is 5.93. The molecule has 3 rings (SSSR count). The zero-order valence-corrected chi connectivity index (χ0v) is 16.6. The molecule has 8 heteroatoms. The number of nitrogens with one attached hydrogen (secondary N) is 1. The van der Waals surface area contributed by atoms with Gasteiger partial charge in [0.15, 0.2) is 0 Å². The molecule has 1 aliphatic heterocycles. The van der Waals surface area contributed by atoms with Crippen LogP contribution in [0.2, 0.25) is 5.02 Å². The summed E-state index contributed by atoms with van der Waals surface area (Å²) in [5.74, 6) is -0.189. The molecule has 1 fully saturated rings. The van der Waals surface area contributed by atoms with E-state index >= 15 is 0 Å². The minimum Gasteiger partial charge on any atom is -0.322 e. The highest BCUT2D eigenvalue weighted by molar-refractivity contribution is 7.88. The van der Waals surface area contributed by atoms with Crippen molar-refractivity contribution in [3.63, 3.8) is 0 Å². The van der Waals surface area contributed by atoms with Gasteiger partial charge in [-0.3, -0.25) is 9.69 Å². The summed E-state index contributed by atoms with van der Waals surface area (Å²) in [7, 11) is -3.11. The third-order valence-electron chi connectivity index (χ3n) is 4.51. The first-order chi connectivity index (χ1) is 12.8. The Morgan fingerprint density at radius 1 is 1.07 bits per heavy atom. The minimum atomic E-state index is -3.11. The van der Waals surface area contributed by atoms with E-state index in [0.717, 1.165) is 12.1 Å². The lowest BCUT2D eigenvalue weighted by molar-refractivity contribution is 0.102. The molecule has 0 spiro atoms. The first-order valence-electron chi connectivity index (χ1n) is 8.64. The number of amides is 1. The van der Waals surface area contributed by atoms with E-state index in [2.05, 4.69) is 10.2 Å². The van der Waals surface area contributed by atoms with Crippen molar-refractivity contribution >= 4 is 33.2 Å². The van der Waals surface area contributed by atoms with E-state index in [9.17, 15) is 13.2 Å². The van der Waals surface area contributed by atoms with Crippen LogP contribution < -0.4 is 5.32 Å². The number of halogens is 1. The number of rotatable bonds is 5. The lowest BCUT2D eigenvalue weighted by Crippen LogP contribution is -2.47. The van der Waals surface area contributed by atoms with Crippen LogP contribution in [0.1, 0.15) is 15.9 Å². The van der Waals surface area contributed by atoms with E-state index in [1.54, 1.807) is 36.4 Å². The minimum absolute atomic E-state index is 0.189. The van der Waals surface area contributed by atoms with Gasteiger partial charge in [0.25, 0.3) is 5.91 Å². The van der Waals surface area contributed by atoms with Crippen LogP contribution in [0.5, 0.6) is 0 Å². The molecule has 0 atom stereocenters. The van der Waals surface area contributed by atoms with Gasteiger partial charge in [0.2, 0.25) is 10.0 Å². The fourth-order valence-corrected chi connectivity index (χ4v) is 4.03. The smallest absolute Gasteiger partial charge is 0.255 e. The summed E-state index contributed by atoms with van der Waals surface area (Å²) in [6.07, 6.45) is 1.25. The molecule has 1 saturated heterocycles. The van der Waals surface area contributed by atoms with Gasteiger partial charge >= 0.3 is 0 Å². The Hall–Kier alpha value is -1.93. The van der Waals surface area contributed by atoms with Gasteiger partial charge in [-0.25, -0.2) is 8.42 Å². The fraction of sp³-hybridized carbons (Fsp3) is 0.316. The van der Waals surface area contributed by atoms with Crippen molar-refractivity contribution in [2.45, 2.75) is 6.54 Å². The van der Waals surface area contributed by atoms with Crippen LogP contribution in [0.4, 0.5) is 5.69 Å². The third kappa shape index (κ3) is 5.52. The molecule has 144 valence electrons. The molecule has 1 amide bonds. The summed E-state index contributed by atoms with van der Waals surface area (Å²) in [4.78, 5) is 14.5. The lowest BCUT2D eigenvalue weighted by atomic mass is 10.1. The zero-order chi connectivity index (χ0) is 19.4. The highest BCUT2D eigenvalue weighted by atomic mass is 35.5. The molecule has 1 aliphatic rings. The maximum atomic E-state index is 12.3. The molecule has 0 bridgehead atoms. The number of anilines is 1. The number of hydrogen-bond donors (Lipinski definition) is 1. The van der Waals surface area contributed by atoms with Gasteiger partial charge in [0.1, 0.15) is 0 Å². The van der Waals surface area contributed by atoms with Crippen molar-refractivity contribution in [1.82, 2.24) is 9.21 Å². The first kappa shape index (κ1) is 19.8. The Kier molecular flexibility index (Phi) is 6.16. The van der Waals surface area contributed by atoms with E-state index in [-0.39, 0.29) is 5.91 Å². The molecular weight excluding hydrogens is 386 g/mol. The second kappa shape index (κ2) is 8.39. The summed E-state index contributed by atoms with van der Waals surface area (Å²) in [6.45, 7) is 3.15. The van der Waals surface area contributed by atoms with Gasteiger partial charge in [-0.05, 0) is 35.9 Å². The number of benzene rings is 2. The molecule has 2 aromatic carbocycles. The number of piperazine rings is 1. The van der Waals surface area contributed by atoms with Crippen molar-refractivity contribution < 1.29 is 13.2 Å². The van der Waals surface area contributed by atoms with Gasteiger partial charge in [-0.15, -0.1) is 0 Å². The molecule has 0 radical (unpaired) electrons. The van der Waals surface area contributed by atoms with Crippen LogP contribution in [0, 0.1) is 0 Å². The maximum absolute atomic E-state index is 12.3. The van der Waals surface area contributed by atoms with E-state index in [4.69, 9.17) is 11.6 Å². The number of carbonyl (C=O) groups is 1. The fourth-order valence-electron chi connectivity index (χ4n) is 3.01. The van der Waals surface area contributed by atoms with Crippen molar-refractivity contribution in [2.75, 3.05) is 37.8 Å². The van der Waals surface area contributed by atoms with Gasteiger partial charge < -0.3 is 5.32 Å². The Bertz CT molecular complexity index is 908. The number of carbonyl (C=O) groups excluding carboxylic acids is 1. The van der Waals surface area contributed by atoms with Crippen LogP contribution in [0.3, 0.4) is 0 Å². The second-order valence-electron chi connectivity index (χ2n) is 6.60. The average Bonchev–Trinajstić information content (AvgIpc) is 2.62. The second-order valence-corrected chi connectivity index (χ2v) is 9.02. The average molecular weight is 408 g/mol. The monoisotopic (exact) mass is 407 g/mol. The summed E-state index contributed by atoms with van der Waals surface area (Å²) in [5, 5.41) is 3.39. The quantitative estimate of drug-likeness (QED) is 0.827. The Labute approximate surface area is 164 Å². The summed E-state index contributed by atoms with van der Waals surface area (Å²) in [6, 6.07) is 14.5. The van der Waals surface area contributed by atoms with E-state index < -0.39 is 10.0 Å². The molecule has 0 saturated carbocycles. The van der Waals surface area contributed by atoms with Crippen LogP contribution in [-0.4, -0.2) is 56.0 Å². The van der Waals surface area contributed by atoms with Gasteiger partial charge in [-0.2, -0.15) is 4.31 Å². The Morgan fingerprint density at radius 3 is 2.33 bits per heavy atom. The van der Waals surface area contributed by atoms with E-state index in [1.807, 2.05) is 12.1 Å². The third-order valence-corrected chi connectivity index (χ3v) is 6.04. The maximum Gasteiger partial charge on any atom is 0.255 e. The number of nitrogens with zero attached hydrogens (tertiary/aromatic N) is 2. The molecule has 2 aromatic rings. The number of hydrogen-bond acceptors (Lipinski definition) is 4. The van der Waals surface area contributed by atoms with Crippen molar-refractivity contribution in [3.05, 3.63) is 64.7 Å². The van der Waals surface area contributed by atoms with E-state index in [0.29, 0.717) is 42.5 Å². The molecule has 6 nitrogen and oxygen atoms in total. The van der Waals surface area contributed by atoms with E-state index in [1.165, 1.54) is 10.6 Å².